The molecule has 17 heavy (non-hydrogen) atoms. The lowest BCUT2D eigenvalue weighted by atomic mass is 9.95. The SMILES string of the molecule is CC(C)C[C@H](O)[C@H](N)c1ccc(F)cc1F.Cl. The van der Waals surface area contributed by atoms with Crippen LogP contribution < -0.4 is 5.73 Å². The van der Waals surface area contributed by atoms with Gasteiger partial charge in [-0.25, -0.2) is 8.78 Å². The fourth-order valence-electron chi connectivity index (χ4n) is 1.61. The zero-order chi connectivity index (χ0) is 12.3. The molecule has 0 saturated heterocycles. The van der Waals surface area contributed by atoms with Crippen LogP contribution >= 0.6 is 12.4 Å². The molecule has 98 valence electrons. The fourth-order valence-corrected chi connectivity index (χ4v) is 1.61. The molecule has 0 aliphatic carbocycles. The Kier molecular flexibility index (Phi) is 6.60. The minimum absolute atomic E-state index is 0. The molecule has 0 radical (unpaired) electrons. The van der Waals surface area contributed by atoms with Crippen LogP contribution in [-0.2, 0) is 0 Å². The Morgan fingerprint density at radius 2 is 1.88 bits per heavy atom. The third-order valence-corrected chi connectivity index (χ3v) is 2.45. The van der Waals surface area contributed by atoms with Gasteiger partial charge in [-0.2, -0.15) is 0 Å². The summed E-state index contributed by atoms with van der Waals surface area (Å²) in [5, 5.41) is 9.75. The van der Waals surface area contributed by atoms with Crippen LogP contribution in [0.15, 0.2) is 18.2 Å². The Labute approximate surface area is 106 Å². The van der Waals surface area contributed by atoms with E-state index >= 15 is 0 Å². The summed E-state index contributed by atoms with van der Waals surface area (Å²) in [6, 6.07) is 2.37. The maximum absolute atomic E-state index is 13.4. The molecule has 0 amide bonds. The summed E-state index contributed by atoms with van der Waals surface area (Å²) in [4.78, 5) is 0. The summed E-state index contributed by atoms with van der Waals surface area (Å²) in [6.07, 6.45) is -0.335. The second-order valence-corrected chi connectivity index (χ2v) is 4.39. The molecule has 0 unspecified atom stereocenters. The summed E-state index contributed by atoms with van der Waals surface area (Å²) in [6.45, 7) is 3.88. The summed E-state index contributed by atoms with van der Waals surface area (Å²) >= 11 is 0. The van der Waals surface area contributed by atoms with Crippen molar-refractivity contribution in [2.45, 2.75) is 32.4 Å². The van der Waals surface area contributed by atoms with Gasteiger partial charge in [-0.3, -0.25) is 0 Å². The van der Waals surface area contributed by atoms with E-state index < -0.39 is 23.8 Å². The van der Waals surface area contributed by atoms with Crippen LogP contribution in [-0.4, -0.2) is 11.2 Å². The number of benzene rings is 1. The molecule has 0 aliphatic rings. The Morgan fingerprint density at radius 3 is 2.35 bits per heavy atom. The number of halogens is 3. The van der Waals surface area contributed by atoms with E-state index in [1.807, 2.05) is 13.8 Å². The van der Waals surface area contributed by atoms with Crippen molar-refractivity contribution in [3.05, 3.63) is 35.4 Å². The van der Waals surface area contributed by atoms with Gasteiger partial charge in [-0.1, -0.05) is 19.9 Å². The molecule has 3 N–H and O–H groups in total. The minimum atomic E-state index is -0.819. The zero-order valence-electron chi connectivity index (χ0n) is 9.86. The number of hydrogen-bond acceptors (Lipinski definition) is 2. The molecule has 5 heteroatoms. The fraction of sp³-hybridized carbons (Fsp3) is 0.500. The Morgan fingerprint density at radius 1 is 1.29 bits per heavy atom. The molecule has 0 bridgehead atoms. The molecule has 0 aliphatic heterocycles. The van der Waals surface area contributed by atoms with Crippen molar-refractivity contribution in [1.29, 1.82) is 0 Å². The Balaban J connectivity index is 0.00000256. The van der Waals surface area contributed by atoms with E-state index in [4.69, 9.17) is 5.73 Å². The predicted octanol–water partition coefficient (Wildman–Crippen LogP) is 2.79. The highest BCUT2D eigenvalue weighted by molar-refractivity contribution is 5.85. The summed E-state index contributed by atoms with van der Waals surface area (Å²) in [7, 11) is 0. The quantitative estimate of drug-likeness (QED) is 0.879. The molecule has 1 aromatic rings. The molecule has 1 rings (SSSR count). The van der Waals surface area contributed by atoms with Gasteiger partial charge in [0.25, 0.3) is 0 Å². The van der Waals surface area contributed by atoms with E-state index in [-0.39, 0.29) is 23.9 Å². The van der Waals surface area contributed by atoms with Crippen LogP contribution in [0.5, 0.6) is 0 Å². The van der Waals surface area contributed by atoms with Gasteiger partial charge in [0, 0.05) is 11.6 Å². The van der Waals surface area contributed by atoms with Gasteiger partial charge in [0.2, 0.25) is 0 Å². The van der Waals surface area contributed by atoms with Gasteiger partial charge in [-0.15, -0.1) is 12.4 Å². The van der Waals surface area contributed by atoms with Crippen LogP contribution in [0.2, 0.25) is 0 Å². The zero-order valence-corrected chi connectivity index (χ0v) is 10.7. The molecular weight excluding hydrogens is 248 g/mol. The van der Waals surface area contributed by atoms with Crippen LogP contribution in [0.1, 0.15) is 31.9 Å². The first-order valence-corrected chi connectivity index (χ1v) is 5.30. The number of aliphatic hydroxyl groups excluding tert-OH is 1. The molecule has 0 fully saturated rings. The highest BCUT2D eigenvalue weighted by atomic mass is 35.5. The molecular formula is C12H18ClF2NO. The van der Waals surface area contributed by atoms with Gasteiger partial charge in [0.15, 0.2) is 0 Å². The Hall–Kier alpha value is -0.710. The number of hydrogen-bond donors (Lipinski definition) is 2. The predicted molar refractivity (Wildman–Crippen MR) is 66.0 cm³/mol. The first kappa shape index (κ1) is 16.3. The van der Waals surface area contributed by atoms with Gasteiger partial charge < -0.3 is 10.8 Å². The second kappa shape index (κ2) is 6.89. The van der Waals surface area contributed by atoms with E-state index in [0.717, 1.165) is 12.1 Å². The molecule has 2 nitrogen and oxygen atoms in total. The average Bonchev–Trinajstić information content (AvgIpc) is 2.15. The van der Waals surface area contributed by atoms with Gasteiger partial charge in [0.05, 0.1) is 12.1 Å². The number of nitrogens with two attached hydrogens (primary N) is 1. The third-order valence-electron chi connectivity index (χ3n) is 2.45. The van der Waals surface area contributed by atoms with Crippen LogP contribution in [0.4, 0.5) is 8.78 Å². The second-order valence-electron chi connectivity index (χ2n) is 4.39. The van der Waals surface area contributed by atoms with Crippen molar-refractivity contribution in [1.82, 2.24) is 0 Å². The lowest BCUT2D eigenvalue weighted by molar-refractivity contribution is 0.119. The van der Waals surface area contributed by atoms with E-state index in [0.29, 0.717) is 6.42 Å². The Bertz CT molecular complexity index is 360. The van der Waals surface area contributed by atoms with Crippen molar-refractivity contribution in [2.24, 2.45) is 11.7 Å². The van der Waals surface area contributed by atoms with Gasteiger partial charge in [0.1, 0.15) is 11.6 Å². The lowest BCUT2D eigenvalue weighted by Gasteiger charge is -2.21. The monoisotopic (exact) mass is 265 g/mol. The lowest BCUT2D eigenvalue weighted by Crippen LogP contribution is -2.28. The molecule has 0 heterocycles. The maximum Gasteiger partial charge on any atom is 0.130 e. The highest BCUT2D eigenvalue weighted by Crippen LogP contribution is 2.22. The van der Waals surface area contributed by atoms with E-state index in [1.165, 1.54) is 6.07 Å². The summed E-state index contributed by atoms with van der Waals surface area (Å²) in [5.74, 6) is -1.09. The third kappa shape index (κ3) is 4.58. The topological polar surface area (TPSA) is 46.2 Å². The van der Waals surface area contributed by atoms with Crippen molar-refractivity contribution in [2.75, 3.05) is 0 Å². The molecule has 0 spiro atoms. The highest BCUT2D eigenvalue weighted by Gasteiger charge is 2.21. The largest absolute Gasteiger partial charge is 0.391 e. The standard InChI is InChI=1S/C12H17F2NO.ClH/c1-7(2)5-11(16)12(15)9-4-3-8(13)6-10(9)14;/h3-4,6-7,11-12,16H,5,15H2,1-2H3;1H/t11-,12+;/m0./s1. The van der Waals surface area contributed by atoms with Crippen molar-refractivity contribution < 1.29 is 13.9 Å². The molecule has 0 aromatic heterocycles. The van der Waals surface area contributed by atoms with Gasteiger partial charge >= 0.3 is 0 Å². The normalized spacial score (nSPS) is 14.3. The van der Waals surface area contributed by atoms with E-state index in [2.05, 4.69) is 0 Å². The minimum Gasteiger partial charge on any atom is -0.391 e. The summed E-state index contributed by atoms with van der Waals surface area (Å²) in [5.41, 5.74) is 5.87. The van der Waals surface area contributed by atoms with Crippen molar-refractivity contribution in [3.63, 3.8) is 0 Å². The molecule has 0 saturated carbocycles. The first-order chi connectivity index (χ1) is 7.41. The maximum atomic E-state index is 13.4. The van der Waals surface area contributed by atoms with Crippen LogP contribution in [0.3, 0.4) is 0 Å². The van der Waals surface area contributed by atoms with E-state index in [1.54, 1.807) is 0 Å². The van der Waals surface area contributed by atoms with Crippen LogP contribution in [0, 0.1) is 17.6 Å². The van der Waals surface area contributed by atoms with Gasteiger partial charge in [-0.05, 0) is 18.4 Å². The van der Waals surface area contributed by atoms with E-state index in [9.17, 15) is 13.9 Å². The van der Waals surface area contributed by atoms with Crippen molar-refractivity contribution in [3.8, 4) is 0 Å². The molecule has 2 atom stereocenters. The van der Waals surface area contributed by atoms with Crippen molar-refractivity contribution >= 4 is 12.4 Å². The number of aliphatic hydroxyl groups is 1. The average molecular weight is 266 g/mol. The molecule has 1 aromatic carbocycles. The first-order valence-electron chi connectivity index (χ1n) is 5.30. The number of rotatable bonds is 4. The van der Waals surface area contributed by atoms with Crippen LogP contribution in [0.25, 0.3) is 0 Å². The smallest absolute Gasteiger partial charge is 0.130 e. The summed E-state index contributed by atoms with van der Waals surface area (Å²) < 4.78 is 26.0.